The summed E-state index contributed by atoms with van der Waals surface area (Å²) >= 11 is 1.05. The van der Waals surface area contributed by atoms with Crippen molar-refractivity contribution in [1.29, 1.82) is 0 Å². The molecule has 29 heavy (non-hydrogen) atoms. The molecule has 1 saturated heterocycles. The summed E-state index contributed by atoms with van der Waals surface area (Å²) in [6.07, 6.45) is 0.471. The van der Waals surface area contributed by atoms with Crippen LogP contribution in [-0.2, 0) is 11.2 Å². The van der Waals surface area contributed by atoms with Crippen molar-refractivity contribution < 1.29 is 19.1 Å². The van der Waals surface area contributed by atoms with Crippen molar-refractivity contribution in [3.8, 4) is 11.5 Å². The van der Waals surface area contributed by atoms with E-state index in [1.807, 2.05) is 36.4 Å². The summed E-state index contributed by atoms with van der Waals surface area (Å²) in [4.78, 5) is 25.1. The van der Waals surface area contributed by atoms with E-state index in [1.54, 1.807) is 0 Å². The molecule has 0 spiro atoms. The number of hydrogen-bond donors (Lipinski definition) is 1. The van der Waals surface area contributed by atoms with Crippen LogP contribution < -0.4 is 19.7 Å². The molecule has 0 saturated carbocycles. The average molecular weight is 435 g/mol. The van der Waals surface area contributed by atoms with Crippen molar-refractivity contribution in [1.82, 2.24) is 5.32 Å². The van der Waals surface area contributed by atoms with Crippen LogP contribution in [0, 0.1) is 6.92 Å². The molecule has 2 atom stereocenters. The van der Waals surface area contributed by atoms with Gasteiger partial charge in [0.25, 0.3) is 5.24 Å². The van der Waals surface area contributed by atoms with Gasteiger partial charge in [0.05, 0.1) is 17.5 Å². The highest BCUT2D eigenvalue weighted by molar-refractivity contribution is 8.15. The predicted molar refractivity (Wildman–Crippen MR) is 117 cm³/mol. The maximum atomic E-state index is 11.7. The molecule has 154 valence electrons. The van der Waals surface area contributed by atoms with Gasteiger partial charge in [-0.3, -0.25) is 14.9 Å². The van der Waals surface area contributed by atoms with E-state index in [9.17, 15) is 9.59 Å². The van der Waals surface area contributed by atoms with Gasteiger partial charge in [-0.1, -0.05) is 36.0 Å². The number of imide groups is 1. The number of ether oxygens (including phenoxy) is 2. The number of carbonyl (C=O) groups excluding carboxylic acids is 2. The molecular weight excluding hydrogens is 412 g/mol. The van der Waals surface area contributed by atoms with Gasteiger partial charge in [0.15, 0.2) is 0 Å². The second-order valence-electron chi connectivity index (χ2n) is 7.08. The van der Waals surface area contributed by atoms with Gasteiger partial charge in [0.2, 0.25) is 5.91 Å². The number of rotatable bonds is 5. The number of fused-ring (bicyclic) bond motifs is 1. The van der Waals surface area contributed by atoms with E-state index in [4.69, 9.17) is 9.47 Å². The number of nitrogens with zero attached hydrogens (tertiary/aromatic N) is 1. The molecule has 2 amide bonds. The number of thioether (sulfide) groups is 1. The molecule has 0 radical (unpaired) electrons. The van der Waals surface area contributed by atoms with E-state index >= 15 is 0 Å². The van der Waals surface area contributed by atoms with Gasteiger partial charge in [-0.25, -0.2) is 0 Å². The molecule has 0 aromatic heterocycles. The Labute approximate surface area is 180 Å². The minimum atomic E-state index is -0.353. The number of amides is 2. The third-order valence-corrected chi connectivity index (χ3v) is 5.88. The summed E-state index contributed by atoms with van der Waals surface area (Å²) in [5.41, 5.74) is 3.33. The highest BCUT2D eigenvalue weighted by atomic mass is 35.5. The first-order chi connectivity index (χ1) is 13.5. The third kappa shape index (κ3) is 4.79. The Morgan fingerprint density at radius 3 is 2.66 bits per heavy atom. The van der Waals surface area contributed by atoms with Gasteiger partial charge in [0.1, 0.15) is 24.2 Å². The van der Waals surface area contributed by atoms with Crippen LogP contribution in [0.25, 0.3) is 0 Å². The Balaban J connectivity index is 0.00000240. The van der Waals surface area contributed by atoms with Crippen molar-refractivity contribution in [2.75, 3.05) is 25.1 Å². The molecule has 2 aromatic carbocycles. The van der Waals surface area contributed by atoms with E-state index in [0.29, 0.717) is 13.0 Å². The molecule has 4 rings (SSSR count). The molecule has 2 aliphatic rings. The summed E-state index contributed by atoms with van der Waals surface area (Å²) in [7, 11) is 2.07. The van der Waals surface area contributed by atoms with Crippen molar-refractivity contribution in [3.05, 3.63) is 53.6 Å². The van der Waals surface area contributed by atoms with Crippen LogP contribution in [0.5, 0.6) is 11.5 Å². The molecule has 1 N–H and O–H groups in total. The summed E-state index contributed by atoms with van der Waals surface area (Å²) in [6, 6.07) is 13.7. The maximum absolute atomic E-state index is 11.7. The summed E-state index contributed by atoms with van der Waals surface area (Å²) in [5, 5.41) is 1.69. The number of nitrogens with one attached hydrogen (secondary N) is 1. The number of likely N-dealkylation sites (N-methyl/N-ethyl adjacent to an activating group) is 1. The lowest BCUT2D eigenvalue weighted by Gasteiger charge is -2.34. The van der Waals surface area contributed by atoms with Gasteiger partial charge in [-0.05, 0) is 42.7 Å². The fraction of sp³-hybridized carbons (Fsp3) is 0.333. The van der Waals surface area contributed by atoms with Crippen molar-refractivity contribution in [2.24, 2.45) is 0 Å². The zero-order valence-electron chi connectivity index (χ0n) is 16.2. The van der Waals surface area contributed by atoms with E-state index < -0.39 is 0 Å². The molecule has 0 bridgehead atoms. The van der Waals surface area contributed by atoms with E-state index in [1.165, 1.54) is 5.56 Å². The van der Waals surface area contributed by atoms with Gasteiger partial charge >= 0.3 is 0 Å². The lowest BCUT2D eigenvalue weighted by Crippen LogP contribution is -2.41. The molecule has 2 aliphatic heterocycles. The van der Waals surface area contributed by atoms with Crippen LogP contribution in [0.2, 0.25) is 0 Å². The fourth-order valence-corrected chi connectivity index (χ4v) is 4.43. The van der Waals surface area contributed by atoms with E-state index in [0.717, 1.165) is 41.1 Å². The van der Waals surface area contributed by atoms with Crippen LogP contribution in [0.1, 0.15) is 11.1 Å². The second-order valence-corrected chi connectivity index (χ2v) is 8.26. The largest absolute Gasteiger partial charge is 0.490 e. The zero-order chi connectivity index (χ0) is 19.7. The predicted octanol–water partition coefficient (Wildman–Crippen LogP) is 3.59. The highest BCUT2D eigenvalue weighted by Crippen LogP contribution is 2.35. The monoisotopic (exact) mass is 434 g/mol. The molecule has 2 heterocycles. The van der Waals surface area contributed by atoms with Gasteiger partial charge in [0, 0.05) is 7.05 Å². The normalized spacial score (nSPS) is 20.4. The molecule has 2 aromatic rings. The molecular formula is C21H23ClN2O4S. The first-order valence-electron chi connectivity index (χ1n) is 9.20. The number of carbonyl (C=O) groups is 2. The lowest BCUT2D eigenvalue weighted by molar-refractivity contribution is -0.118. The standard InChI is InChI=1S/C21H22N2O4S.ClH/c1-13-4-3-5-17-19(13)23(2)11-16(27-17)12-26-15-8-6-14(7-9-15)10-18-20(24)22-21(25)28-18;/h3-9,16,18H,10-12H2,1-2H3,(H,22,24,25);1H. The SMILES string of the molecule is Cc1cccc2c1N(C)CC(COc1ccc(CC3SC(=O)NC3=O)cc1)O2.Cl. The summed E-state index contributed by atoms with van der Waals surface area (Å²) in [6.45, 7) is 3.30. The molecule has 8 heteroatoms. The van der Waals surface area contributed by atoms with Crippen LogP contribution in [0.3, 0.4) is 0 Å². The topological polar surface area (TPSA) is 67.9 Å². The summed E-state index contributed by atoms with van der Waals surface area (Å²) in [5.74, 6) is 1.42. The van der Waals surface area contributed by atoms with Crippen molar-refractivity contribution in [3.63, 3.8) is 0 Å². The minimum Gasteiger partial charge on any atom is -0.490 e. The number of anilines is 1. The Bertz CT molecular complexity index is 906. The lowest BCUT2D eigenvalue weighted by atomic mass is 10.1. The van der Waals surface area contributed by atoms with Crippen LogP contribution >= 0.6 is 24.2 Å². The fourth-order valence-electron chi connectivity index (χ4n) is 3.57. The first kappa shape index (κ1) is 21.3. The third-order valence-electron chi connectivity index (χ3n) is 4.90. The molecule has 6 nitrogen and oxygen atoms in total. The van der Waals surface area contributed by atoms with Crippen molar-refractivity contribution in [2.45, 2.75) is 24.7 Å². The second kappa shape index (κ2) is 8.97. The van der Waals surface area contributed by atoms with Crippen LogP contribution in [0.15, 0.2) is 42.5 Å². The Hall–Kier alpha value is -2.38. The summed E-state index contributed by atoms with van der Waals surface area (Å²) < 4.78 is 12.0. The van der Waals surface area contributed by atoms with E-state index in [2.05, 4.69) is 30.3 Å². The molecule has 1 fully saturated rings. The smallest absolute Gasteiger partial charge is 0.286 e. The Kier molecular flexibility index (Phi) is 6.59. The average Bonchev–Trinajstić information content (AvgIpc) is 2.98. The quantitative estimate of drug-likeness (QED) is 0.775. The van der Waals surface area contributed by atoms with Crippen molar-refractivity contribution >= 4 is 41.0 Å². The Morgan fingerprint density at radius 1 is 1.21 bits per heavy atom. The van der Waals surface area contributed by atoms with Crippen LogP contribution in [-0.4, -0.2) is 42.7 Å². The number of para-hydroxylation sites is 1. The number of halogens is 1. The number of aryl methyl sites for hydroxylation is 1. The number of hydrogen-bond acceptors (Lipinski definition) is 6. The van der Waals surface area contributed by atoms with Gasteiger partial charge in [-0.15, -0.1) is 12.4 Å². The molecule has 0 aliphatic carbocycles. The van der Waals surface area contributed by atoms with Crippen LogP contribution in [0.4, 0.5) is 10.5 Å². The highest BCUT2D eigenvalue weighted by Gasteiger charge is 2.31. The maximum Gasteiger partial charge on any atom is 0.286 e. The van der Waals surface area contributed by atoms with Gasteiger partial charge < -0.3 is 14.4 Å². The zero-order valence-corrected chi connectivity index (χ0v) is 17.8. The molecule has 2 unspecified atom stereocenters. The number of benzene rings is 2. The minimum absolute atomic E-state index is 0. The van der Waals surface area contributed by atoms with E-state index in [-0.39, 0.29) is 34.9 Å². The van der Waals surface area contributed by atoms with Gasteiger partial charge in [-0.2, -0.15) is 0 Å². The first-order valence-corrected chi connectivity index (χ1v) is 10.1. The Morgan fingerprint density at radius 2 is 1.97 bits per heavy atom.